The molecule has 3 heterocycles. The van der Waals surface area contributed by atoms with Crippen molar-refractivity contribution < 1.29 is 27.8 Å². The Hall–Kier alpha value is -2.32. The highest BCUT2D eigenvalue weighted by Gasteiger charge is 2.52. The van der Waals surface area contributed by atoms with Gasteiger partial charge in [0.1, 0.15) is 18.1 Å². The zero-order valence-corrected chi connectivity index (χ0v) is 17.3. The van der Waals surface area contributed by atoms with Crippen molar-refractivity contribution in [3.05, 3.63) is 47.0 Å². The molecule has 5 rings (SSSR count). The molecule has 166 valence electrons. The fourth-order valence-corrected chi connectivity index (χ4v) is 5.16. The second kappa shape index (κ2) is 8.31. The topological polar surface area (TPSA) is 59.1 Å². The van der Waals surface area contributed by atoms with Gasteiger partial charge in [-0.25, -0.2) is 8.78 Å². The Bertz CT molecular complexity index is 897. The van der Waals surface area contributed by atoms with E-state index >= 15 is 0 Å². The van der Waals surface area contributed by atoms with Crippen molar-refractivity contribution in [2.24, 2.45) is 5.92 Å². The number of halogens is 2. The van der Waals surface area contributed by atoms with Crippen LogP contribution in [0.2, 0.25) is 0 Å². The van der Waals surface area contributed by atoms with Crippen LogP contribution in [-0.4, -0.2) is 73.2 Å². The van der Waals surface area contributed by atoms with Crippen LogP contribution in [0.3, 0.4) is 0 Å². The van der Waals surface area contributed by atoms with Crippen LogP contribution in [0.1, 0.15) is 30.9 Å². The molecule has 2 fully saturated rings. The van der Waals surface area contributed by atoms with E-state index in [1.165, 1.54) is 12.1 Å². The number of alkyl halides is 1. The summed E-state index contributed by atoms with van der Waals surface area (Å²) in [4.78, 5) is 30.7. The van der Waals surface area contributed by atoms with Crippen molar-refractivity contribution in [3.63, 3.8) is 0 Å². The maximum atomic E-state index is 14.1. The number of ketones is 1. The lowest BCUT2D eigenvalue weighted by Gasteiger charge is -2.36. The number of hydrogen-bond acceptors (Lipinski definition) is 5. The summed E-state index contributed by atoms with van der Waals surface area (Å²) >= 11 is 0. The first-order valence-corrected chi connectivity index (χ1v) is 11.0. The molecule has 1 aliphatic carbocycles. The molecule has 1 aromatic rings. The minimum absolute atomic E-state index is 0.0971. The molecule has 0 spiro atoms. The van der Waals surface area contributed by atoms with Crippen LogP contribution in [0, 0.1) is 11.7 Å². The van der Waals surface area contributed by atoms with Gasteiger partial charge in [0.05, 0.1) is 30.7 Å². The van der Waals surface area contributed by atoms with Gasteiger partial charge in [0.2, 0.25) is 0 Å². The number of hydrogen-bond donors (Lipinski definition) is 0. The number of rotatable bonds is 4. The predicted octanol–water partition coefficient (Wildman–Crippen LogP) is 2.40. The Kier molecular flexibility index (Phi) is 5.52. The van der Waals surface area contributed by atoms with Crippen molar-refractivity contribution in [3.8, 4) is 0 Å². The van der Waals surface area contributed by atoms with Crippen LogP contribution in [-0.2, 0) is 19.1 Å². The average Bonchev–Trinajstić information content (AvgIpc) is 3.06. The molecule has 31 heavy (non-hydrogen) atoms. The normalized spacial score (nSPS) is 31.5. The molecule has 0 aromatic heterocycles. The third-order valence-corrected chi connectivity index (χ3v) is 6.83. The van der Waals surface area contributed by atoms with Gasteiger partial charge in [-0.2, -0.15) is 0 Å². The molecule has 6 nitrogen and oxygen atoms in total. The van der Waals surface area contributed by atoms with Gasteiger partial charge in [-0.05, 0) is 37.0 Å². The van der Waals surface area contributed by atoms with Gasteiger partial charge in [-0.15, -0.1) is 0 Å². The third kappa shape index (κ3) is 3.76. The number of amides is 1. The van der Waals surface area contributed by atoms with E-state index in [1.54, 1.807) is 17.0 Å². The smallest absolute Gasteiger partial charge is 0.290 e. The molecule has 0 radical (unpaired) electrons. The van der Waals surface area contributed by atoms with Crippen LogP contribution < -0.4 is 0 Å². The van der Waals surface area contributed by atoms with Gasteiger partial charge in [0, 0.05) is 26.2 Å². The van der Waals surface area contributed by atoms with Crippen LogP contribution >= 0.6 is 0 Å². The molecule has 4 aliphatic rings. The predicted molar refractivity (Wildman–Crippen MR) is 107 cm³/mol. The number of ether oxygens (including phenoxy) is 2. The molecular formula is C23H26F2N2O4. The Balaban J connectivity index is 1.47. The molecule has 4 atom stereocenters. The number of Topliss-reactive ketones (excluding diaryl/α,β-unsaturated/α-hetero) is 1. The van der Waals surface area contributed by atoms with E-state index in [9.17, 15) is 18.4 Å². The van der Waals surface area contributed by atoms with Gasteiger partial charge < -0.3 is 14.4 Å². The molecule has 0 bridgehead atoms. The zero-order chi connectivity index (χ0) is 21.5. The molecular weight excluding hydrogens is 406 g/mol. The number of benzene rings is 1. The van der Waals surface area contributed by atoms with Gasteiger partial charge in [0.15, 0.2) is 11.5 Å². The molecule has 1 saturated carbocycles. The van der Waals surface area contributed by atoms with E-state index < -0.39 is 24.2 Å². The first kappa shape index (κ1) is 20.6. The standard InChI is InChI=1S/C23H26F2N2O4/c24-15-3-1-14(2-4-15)20-19-21(28)17-13-16(25)5-6-18(17)31-22(19)23(29)27(20)8-7-26-9-11-30-12-10-26/h1-4,16-18,20H,5-13H2. The number of carbonyl (C=O) groups excluding carboxylic acids is 2. The lowest BCUT2D eigenvalue weighted by Crippen LogP contribution is -2.43. The SMILES string of the molecule is O=C1C2=C(OC3CCC(F)CC13)C(=O)N(CCN1CCOCC1)C2c1ccc(F)cc1. The molecule has 3 aliphatic heterocycles. The first-order chi connectivity index (χ1) is 15.0. The summed E-state index contributed by atoms with van der Waals surface area (Å²) in [6, 6.07) is 5.21. The summed E-state index contributed by atoms with van der Waals surface area (Å²) in [6.07, 6.45) is -0.590. The van der Waals surface area contributed by atoms with E-state index in [-0.39, 0.29) is 29.7 Å². The number of carbonyl (C=O) groups is 2. The zero-order valence-electron chi connectivity index (χ0n) is 17.3. The Morgan fingerprint density at radius 2 is 1.77 bits per heavy atom. The third-order valence-electron chi connectivity index (χ3n) is 6.83. The molecule has 8 heteroatoms. The van der Waals surface area contributed by atoms with E-state index in [2.05, 4.69) is 4.90 Å². The second-order valence-electron chi connectivity index (χ2n) is 8.69. The van der Waals surface area contributed by atoms with E-state index in [0.717, 1.165) is 13.1 Å². The van der Waals surface area contributed by atoms with Gasteiger partial charge in [-0.1, -0.05) is 12.1 Å². The fraction of sp³-hybridized carbons (Fsp3) is 0.565. The number of morpholine rings is 1. The monoisotopic (exact) mass is 432 g/mol. The van der Waals surface area contributed by atoms with Crippen LogP contribution in [0.15, 0.2) is 35.6 Å². The van der Waals surface area contributed by atoms with Gasteiger partial charge in [0.25, 0.3) is 5.91 Å². The number of fused-ring (bicyclic) bond motifs is 1. The van der Waals surface area contributed by atoms with Gasteiger partial charge in [-0.3, -0.25) is 14.5 Å². The summed E-state index contributed by atoms with van der Waals surface area (Å²) in [5, 5.41) is 0. The van der Waals surface area contributed by atoms with Crippen LogP contribution in [0.25, 0.3) is 0 Å². The molecule has 4 unspecified atom stereocenters. The lowest BCUT2D eigenvalue weighted by molar-refractivity contribution is -0.136. The summed E-state index contributed by atoms with van der Waals surface area (Å²) in [5.74, 6) is -1.38. The minimum Gasteiger partial charge on any atom is -0.483 e. The quantitative estimate of drug-likeness (QED) is 0.732. The summed E-state index contributed by atoms with van der Waals surface area (Å²) < 4.78 is 39.0. The van der Waals surface area contributed by atoms with Crippen molar-refractivity contribution in [1.29, 1.82) is 0 Å². The molecule has 1 saturated heterocycles. The highest BCUT2D eigenvalue weighted by molar-refractivity contribution is 6.11. The first-order valence-electron chi connectivity index (χ1n) is 11.0. The molecule has 1 aromatic carbocycles. The highest BCUT2D eigenvalue weighted by atomic mass is 19.1. The van der Waals surface area contributed by atoms with Crippen molar-refractivity contribution in [1.82, 2.24) is 9.80 Å². The molecule has 1 amide bonds. The van der Waals surface area contributed by atoms with E-state index in [1.807, 2.05) is 0 Å². The minimum atomic E-state index is -1.03. The van der Waals surface area contributed by atoms with Crippen molar-refractivity contribution >= 4 is 11.7 Å². The Morgan fingerprint density at radius 1 is 1.03 bits per heavy atom. The second-order valence-corrected chi connectivity index (χ2v) is 8.69. The van der Waals surface area contributed by atoms with E-state index in [0.29, 0.717) is 50.3 Å². The highest BCUT2D eigenvalue weighted by Crippen LogP contribution is 2.47. The van der Waals surface area contributed by atoms with Crippen molar-refractivity contribution in [2.45, 2.75) is 37.6 Å². The largest absolute Gasteiger partial charge is 0.483 e. The Morgan fingerprint density at radius 3 is 2.52 bits per heavy atom. The fourth-order valence-electron chi connectivity index (χ4n) is 5.16. The van der Waals surface area contributed by atoms with Crippen molar-refractivity contribution in [2.75, 3.05) is 39.4 Å². The van der Waals surface area contributed by atoms with Crippen LogP contribution in [0.5, 0.6) is 0 Å². The lowest BCUT2D eigenvalue weighted by atomic mass is 9.77. The summed E-state index contributed by atoms with van der Waals surface area (Å²) in [6.45, 7) is 3.92. The number of nitrogens with zero attached hydrogens (tertiary/aromatic N) is 2. The maximum Gasteiger partial charge on any atom is 0.290 e. The Labute approximate surface area is 179 Å². The van der Waals surface area contributed by atoms with E-state index in [4.69, 9.17) is 9.47 Å². The van der Waals surface area contributed by atoms with Crippen LogP contribution in [0.4, 0.5) is 8.78 Å². The maximum absolute atomic E-state index is 14.1. The summed E-state index contributed by atoms with van der Waals surface area (Å²) in [5.41, 5.74) is 0.957. The van der Waals surface area contributed by atoms with Gasteiger partial charge >= 0.3 is 0 Å². The summed E-state index contributed by atoms with van der Waals surface area (Å²) in [7, 11) is 0. The average molecular weight is 432 g/mol. The molecule has 0 N–H and O–H groups in total.